The minimum absolute atomic E-state index is 0.0670. The van der Waals surface area contributed by atoms with Gasteiger partial charge in [-0.05, 0) is 49.4 Å². The molecule has 3 rings (SSSR count). The second-order valence-corrected chi connectivity index (χ2v) is 9.88. The molecule has 6 heteroatoms. The predicted molar refractivity (Wildman–Crippen MR) is 133 cm³/mol. The van der Waals surface area contributed by atoms with E-state index in [0.29, 0.717) is 18.7 Å². The third kappa shape index (κ3) is 7.88. The molecule has 0 radical (unpaired) electrons. The van der Waals surface area contributed by atoms with Crippen molar-refractivity contribution in [2.24, 2.45) is 0 Å². The van der Waals surface area contributed by atoms with Gasteiger partial charge in [0.1, 0.15) is 11.9 Å². The Morgan fingerprint density at radius 2 is 1.82 bits per heavy atom. The van der Waals surface area contributed by atoms with Gasteiger partial charge in [-0.3, -0.25) is 9.59 Å². The smallest absolute Gasteiger partial charge is 0.243 e. The molecule has 178 valence electrons. The first-order valence-electron chi connectivity index (χ1n) is 11.9. The number of rotatable bonds is 10. The number of thioether (sulfide) groups is 1. The van der Waals surface area contributed by atoms with Gasteiger partial charge in [0.25, 0.3) is 0 Å². The second kappa shape index (κ2) is 12.8. The van der Waals surface area contributed by atoms with Gasteiger partial charge >= 0.3 is 0 Å². The van der Waals surface area contributed by atoms with E-state index in [1.807, 2.05) is 13.0 Å². The average molecular weight is 471 g/mol. The van der Waals surface area contributed by atoms with Gasteiger partial charge in [-0.25, -0.2) is 4.39 Å². The zero-order valence-corrected chi connectivity index (χ0v) is 20.5. The number of amides is 2. The van der Waals surface area contributed by atoms with Crippen LogP contribution in [0.15, 0.2) is 48.5 Å². The molecule has 0 heterocycles. The van der Waals surface area contributed by atoms with E-state index in [1.165, 1.54) is 29.7 Å². The first kappa shape index (κ1) is 25.3. The van der Waals surface area contributed by atoms with Crippen molar-refractivity contribution in [2.75, 3.05) is 5.75 Å². The molecule has 0 aromatic heterocycles. The lowest BCUT2D eigenvalue weighted by atomic mass is 9.95. The summed E-state index contributed by atoms with van der Waals surface area (Å²) in [7, 11) is 0. The third-order valence-corrected chi connectivity index (χ3v) is 7.17. The number of nitrogens with one attached hydrogen (secondary N) is 1. The molecular weight excluding hydrogens is 435 g/mol. The molecule has 1 atom stereocenters. The largest absolute Gasteiger partial charge is 0.352 e. The van der Waals surface area contributed by atoms with Crippen molar-refractivity contribution in [1.29, 1.82) is 0 Å². The fraction of sp³-hybridized carbons (Fsp3) is 0.481. The standard InChI is InChI=1S/C27H35FN2O2S/c1-3-25(27(32)29-24-10-5-4-6-11-24)30(17-21-12-14-23(28)15-13-21)26(31)19-33-18-22-9-7-8-20(2)16-22/h7-9,12-16,24-25H,3-6,10-11,17-19H2,1-2H3,(H,29,32)/t25-/m1/s1. The monoisotopic (exact) mass is 470 g/mol. The summed E-state index contributed by atoms with van der Waals surface area (Å²) in [6.45, 7) is 4.29. The molecule has 0 spiro atoms. The van der Waals surface area contributed by atoms with Gasteiger partial charge in [0, 0.05) is 18.3 Å². The summed E-state index contributed by atoms with van der Waals surface area (Å²) in [5.41, 5.74) is 3.19. The topological polar surface area (TPSA) is 49.4 Å². The quantitative estimate of drug-likeness (QED) is 0.490. The molecule has 1 N–H and O–H groups in total. The van der Waals surface area contributed by atoms with Crippen LogP contribution in [0.2, 0.25) is 0 Å². The van der Waals surface area contributed by atoms with Crippen LogP contribution >= 0.6 is 11.8 Å². The van der Waals surface area contributed by atoms with E-state index >= 15 is 0 Å². The van der Waals surface area contributed by atoms with E-state index in [-0.39, 0.29) is 23.7 Å². The first-order valence-corrected chi connectivity index (χ1v) is 13.1. The van der Waals surface area contributed by atoms with Crippen molar-refractivity contribution in [1.82, 2.24) is 10.2 Å². The van der Waals surface area contributed by atoms with Crippen molar-refractivity contribution < 1.29 is 14.0 Å². The fourth-order valence-electron chi connectivity index (χ4n) is 4.39. The summed E-state index contributed by atoms with van der Waals surface area (Å²) in [4.78, 5) is 28.2. The number of nitrogens with zero attached hydrogens (tertiary/aromatic N) is 1. The summed E-state index contributed by atoms with van der Waals surface area (Å²) in [6.07, 6.45) is 6.02. The Morgan fingerprint density at radius 3 is 2.48 bits per heavy atom. The van der Waals surface area contributed by atoms with Crippen molar-refractivity contribution >= 4 is 23.6 Å². The van der Waals surface area contributed by atoms with Crippen LogP contribution in [0.1, 0.15) is 62.1 Å². The van der Waals surface area contributed by atoms with Crippen molar-refractivity contribution in [2.45, 2.75) is 76.8 Å². The number of benzene rings is 2. The second-order valence-electron chi connectivity index (χ2n) is 8.90. The molecule has 2 aromatic carbocycles. The molecular formula is C27H35FN2O2S. The molecule has 1 saturated carbocycles. The maximum absolute atomic E-state index is 13.4. The van der Waals surface area contributed by atoms with Crippen LogP contribution in [-0.4, -0.2) is 34.6 Å². The van der Waals surface area contributed by atoms with Crippen molar-refractivity contribution in [3.63, 3.8) is 0 Å². The lowest BCUT2D eigenvalue weighted by Gasteiger charge is -2.32. The van der Waals surface area contributed by atoms with Crippen LogP contribution in [0.4, 0.5) is 4.39 Å². The zero-order chi connectivity index (χ0) is 23.6. The third-order valence-electron chi connectivity index (χ3n) is 6.18. The summed E-state index contributed by atoms with van der Waals surface area (Å²) in [5, 5.41) is 3.19. The van der Waals surface area contributed by atoms with Crippen LogP contribution in [0, 0.1) is 12.7 Å². The van der Waals surface area contributed by atoms with Crippen LogP contribution in [0.5, 0.6) is 0 Å². The number of carbonyl (C=O) groups is 2. The van der Waals surface area contributed by atoms with Gasteiger partial charge in [-0.2, -0.15) is 0 Å². The van der Waals surface area contributed by atoms with Crippen LogP contribution in [0.25, 0.3) is 0 Å². The Kier molecular flexibility index (Phi) is 9.79. The maximum Gasteiger partial charge on any atom is 0.243 e. The lowest BCUT2D eigenvalue weighted by Crippen LogP contribution is -2.52. The summed E-state index contributed by atoms with van der Waals surface area (Å²) < 4.78 is 13.4. The van der Waals surface area contributed by atoms with E-state index < -0.39 is 6.04 Å². The Labute approximate surface area is 201 Å². The maximum atomic E-state index is 13.4. The van der Waals surface area contributed by atoms with Crippen molar-refractivity contribution in [3.05, 3.63) is 71.0 Å². The van der Waals surface area contributed by atoms with Gasteiger partial charge in [0.15, 0.2) is 0 Å². The van der Waals surface area contributed by atoms with Crippen molar-refractivity contribution in [3.8, 4) is 0 Å². The molecule has 0 bridgehead atoms. The van der Waals surface area contributed by atoms with E-state index in [1.54, 1.807) is 28.8 Å². The molecule has 2 amide bonds. The summed E-state index contributed by atoms with van der Waals surface area (Å²) >= 11 is 1.56. The van der Waals surface area contributed by atoms with E-state index in [4.69, 9.17) is 0 Å². The summed E-state index contributed by atoms with van der Waals surface area (Å²) in [6, 6.07) is 14.1. The summed E-state index contributed by atoms with van der Waals surface area (Å²) in [5.74, 6) is 0.573. The fourth-order valence-corrected chi connectivity index (χ4v) is 5.25. The zero-order valence-electron chi connectivity index (χ0n) is 19.7. The first-order chi connectivity index (χ1) is 16.0. The highest BCUT2D eigenvalue weighted by Crippen LogP contribution is 2.20. The van der Waals surface area contributed by atoms with E-state index in [0.717, 1.165) is 37.0 Å². The highest BCUT2D eigenvalue weighted by Gasteiger charge is 2.30. The molecule has 1 aliphatic rings. The van der Waals surface area contributed by atoms with Gasteiger partial charge in [-0.15, -0.1) is 11.8 Å². The molecule has 2 aromatic rings. The van der Waals surface area contributed by atoms with Crippen LogP contribution in [-0.2, 0) is 21.9 Å². The van der Waals surface area contributed by atoms with E-state index in [9.17, 15) is 14.0 Å². The van der Waals surface area contributed by atoms with Gasteiger partial charge in [-0.1, -0.05) is 68.1 Å². The molecule has 4 nitrogen and oxygen atoms in total. The van der Waals surface area contributed by atoms with Crippen LogP contribution < -0.4 is 5.32 Å². The Balaban J connectivity index is 1.69. The lowest BCUT2D eigenvalue weighted by molar-refractivity contribution is -0.139. The number of carbonyl (C=O) groups excluding carboxylic acids is 2. The number of halogens is 1. The molecule has 1 aliphatic carbocycles. The number of hydrogen-bond donors (Lipinski definition) is 1. The SMILES string of the molecule is CC[C@H](C(=O)NC1CCCCC1)N(Cc1ccc(F)cc1)C(=O)CSCc1cccc(C)c1. The van der Waals surface area contributed by atoms with E-state index in [2.05, 4.69) is 30.4 Å². The van der Waals surface area contributed by atoms with Gasteiger partial charge in [0.05, 0.1) is 5.75 Å². The van der Waals surface area contributed by atoms with Crippen LogP contribution in [0.3, 0.4) is 0 Å². The highest BCUT2D eigenvalue weighted by molar-refractivity contribution is 7.99. The molecule has 0 unspecified atom stereocenters. The predicted octanol–water partition coefficient (Wildman–Crippen LogP) is 5.62. The highest BCUT2D eigenvalue weighted by atomic mass is 32.2. The Morgan fingerprint density at radius 1 is 1.09 bits per heavy atom. The molecule has 33 heavy (non-hydrogen) atoms. The Hall–Kier alpha value is -2.34. The Bertz CT molecular complexity index is 913. The molecule has 0 aliphatic heterocycles. The normalized spacial score (nSPS) is 15.1. The molecule has 1 fully saturated rings. The number of hydrogen-bond acceptors (Lipinski definition) is 3. The minimum Gasteiger partial charge on any atom is -0.352 e. The van der Waals surface area contributed by atoms with Gasteiger partial charge in [0.2, 0.25) is 11.8 Å². The molecule has 0 saturated heterocycles. The van der Waals surface area contributed by atoms with Gasteiger partial charge < -0.3 is 10.2 Å². The number of aryl methyl sites for hydroxylation is 1. The minimum atomic E-state index is -0.538. The average Bonchev–Trinajstić information content (AvgIpc) is 2.81.